The number of carbonyl (C=O) groups is 1. The second-order valence-electron chi connectivity index (χ2n) is 8.11. The van der Waals surface area contributed by atoms with Crippen LogP contribution in [0.4, 0.5) is 10.1 Å². The molecule has 0 spiro atoms. The lowest BCUT2D eigenvalue weighted by molar-refractivity contribution is -0.110. The van der Waals surface area contributed by atoms with Gasteiger partial charge in [0.15, 0.2) is 0 Å². The minimum atomic E-state index is -0.789. The van der Waals surface area contributed by atoms with Crippen LogP contribution in [0.1, 0.15) is 29.7 Å². The molecule has 0 bridgehead atoms. The Bertz CT molecular complexity index is 1400. The van der Waals surface area contributed by atoms with E-state index in [2.05, 4.69) is 5.32 Å². The predicted molar refractivity (Wildman–Crippen MR) is 129 cm³/mol. The first kappa shape index (κ1) is 23.0. The van der Waals surface area contributed by atoms with Gasteiger partial charge in [-0.1, -0.05) is 12.1 Å². The van der Waals surface area contributed by atoms with E-state index in [-0.39, 0.29) is 22.8 Å². The minimum absolute atomic E-state index is 0.0357. The Balaban J connectivity index is 1.67. The van der Waals surface area contributed by atoms with Gasteiger partial charge in [-0.15, -0.1) is 0 Å². The Morgan fingerprint density at radius 2 is 1.94 bits per heavy atom. The SMILES string of the molecule is COc1ccc2c(c1)CCCC(C(=N)C(=O)Nc1c(C)n(C)n(-c3ccccc3F)c1=O)=C2[OH2+]. The number of amides is 1. The van der Waals surface area contributed by atoms with E-state index in [1.807, 2.05) is 6.07 Å². The van der Waals surface area contributed by atoms with Crippen molar-refractivity contribution in [1.82, 2.24) is 9.36 Å². The molecule has 3 aromatic rings. The number of hydrogen-bond donors (Lipinski definition) is 2. The van der Waals surface area contributed by atoms with Gasteiger partial charge in [-0.25, -0.2) is 9.07 Å². The first-order valence-corrected chi connectivity index (χ1v) is 10.8. The normalized spacial score (nSPS) is 13.3. The number of para-hydroxylation sites is 1. The molecule has 1 heterocycles. The van der Waals surface area contributed by atoms with E-state index >= 15 is 0 Å². The molecule has 1 aromatic heterocycles. The molecular weight excluding hydrogens is 439 g/mol. The largest absolute Gasteiger partial charge is 0.593 e. The van der Waals surface area contributed by atoms with Gasteiger partial charge in [-0.3, -0.25) is 19.7 Å². The maximum Gasteiger partial charge on any atom is 0.295 e. The molecule has 0 unspecified atom stereocenters. The predicted octanol–water partition coefficient (Wildman–Crippen LogP) is 3.06. The van der Waals surface area contributed by atoms with Crippen LogP contribution in [0.15, 0.2) is 52.8 Å². The van der Waals surface area contributed by atoms with E-state index < -0.39 is 17.3 Å². The van der Waals surface area contributed by atoms with Gasteiger partial charge in [-0.2, -0.15) is 0 Å². The molecule has 34 heavy (non-hydrogen) atoms. The summed E-state index contributed by atoms with van der Waals surface area (Å²) in [5.41, 5.74) is 1.35. The maximum atomic E-state index is 14.3. The van der Waals surface area contributed by atoms with Gasteiger partial charge < -0.3 is 15.2 Å². The number of aromatic nitrogens is 2. The molecule has 9 heteroatoms. The molecule has 4 rings (SSSR count). The molecule has 1 amide bonds. The molecule has 176 valence electrons. The number of nitrogens with one attached hydrogen (secondary N) is 2. The molecule has 0 saturated carbocycles. The van der Waals surface area contributed by atoms with Gasteiger partial charge in [0.05, 0.1) is 23.9 Å². The van der Waals surface area contributed by atoms with Crippen molar-refractivity contribution in [2.75, 3.05) is 12.4 Å². The van der Waals surface area contributed by atoms with Crippen molar-refractivity contribution in [2.45, 2.75) is 26.2 Å². The van der Waals surface area contributed by atoms with Crippen LogP contribution in [0.3, 0.4) is 0 Å². The van der Waals surface area contributed by atoms with E-state index in [9.17, 15) is 14.0 Å². The third-order valence-electron chi connectivity index (χ3n) is 6.16. The van der Waals surface area contributed by atoms with Gasteiger partial charge in [0.25, 0.3) is 17.2 Å². The van der Waals surface area contributed by atoms with E-state index in [1.54, 1.807) is 39.3 Å². The lowest BCUT2D eigenvalue weighted by Gasteiger charge is -2.09. The van der Waals surface area contributed by atoms with Gasteiger partial charge in [0, 0.05) is 7.05 Å². The first-order chi connectivity index (χ1) is 16.2. The number of carbonyl (C=O) groups excluding carboxylic acids is 1. The highest BCUT2D eigenvalue weighted by Gasteiger charge is 2.28. The summed E-state index contributed by atoms with van der Waals surface area (Å²) in [6.45, 7) is 1.63. The maximum absolute atomic E-state index is 14.3. The molecule has 4 N–H and O–H groups in total. The van der Waals surface area contributed by atoms with Crippen LogP contribution in [0.2, 0.25) is 0 Å². The quantitative estimate of drug-likeness (QED) is 0.446. The highest BCUT2D eigenvalue weighted by atomic mass is 19.1. The second kappa shape index (κ2) is 9.01. The van der Waals surface area contributed by atoms with Gasteiger partial charge in [0.1, 0.15) is 28.7 Å². The number of nitrogens with zero attached hydrogens (tertiary/aromatic N) is 2. The third kappa shape index (κ3) is 3.89. The van der Waals surface area contributed by atoms with Crippen LogP contribution in [-0.4, -0.2) is 33.2 Å². The standard InChI is InChI=1S/C25H25FN4O4/c1-14-22(25(33)30(29(14)2)20-10-5-4-9-19(20)26)28-24(32)21(27)18-8-6-7-15-13-16(34-3)11-12-17(15)23(18)31/h4-5,9-13,27,31H,6-8H2,1-3H3,(H,28,32)/p+1. The molecule has 0 aliphatic heterocycles. The van der Waals surface area contributed by atoms with Crippen LogP contribution >= 0.6 is 0 Å². The zero-order valence-corrected chi connectivity index (χ0v) is 19.2. The number of fused-ring (bicyclic) bond motifs is 1. The Morgan fingerprint density at radius 3 is 2.65 bits per heavy atom. The van der Waals surface area contributed by atoms with Crippen molar-refractivity contribution in [3.8, 4) is 11.4 Å². The molecule has 0 fully saturated rings. The van der Waals surface area contributed by atoms with E-state index in [4.69, 9.17) is 15.3 Å². The van der Waals surface area contributed by atoms with Crippen molar-refractivity contribution < 1.29 is 19.0 Å². The van der Waals surface area contributed by atoms with E-state index in [0.717, 1.165) is 10.2 Å². The number of hydrogen-bond acceptors (Lipinski definition) is 4. The lowest BCUT2D eigenvalue weighted by atomic mass is 10.0. The summed E-state index contributed by atoms with van der Waals surface area (Å²) in [7, 11) is 3.16. The lowest BCUT2D eigenvalue weighted by Crippen LogP contribution is -2.28. The summed E-state index contributed by atoms with van der Waals surface area (Å²) in [4.78, 5) is 26.1. The smallest absolute Gasteiger partial charge is 0.295 e. The van der Waals surface area contributed by atoms with Gasteiger partial charge >= 0.3 is 0 Å². The highest BCUT2D eigenvalue weighted by molar-refractivity contribution is 6.48. The zero-order valence-electron chi connectivity index (χ0n) is 19.2. The molecule has 2 aromatic carbocycles. The van der Waals surface area contributed by atoms with Crippen LogP contribution < -0.4 is 15.6 Å². The average molecular weight is 466 g/mol. The molecule has 0 radical (unpaired) electrons. The Labute approximate surface area is 195 Å². The number of aryl methyl sites for hydroxylation is 1. The molecule has 1 aliphatic rings. The minimum Gasteiger partial charge on any atom is -0.593 e. The van der Waals surface area contributed by atoms with Crippen LogP contribution in [0.25, 0.3) is 11.4 Å². The molecule has 0 saturated heterocycles. The molecule has 1 aliphatic carbocycles. The molecule has 0 atom stereocenters. The molecular formula is C25H26FN4O4+. The Hall–Kier alpha value is -4.14. The van der Waals surface area contributed by atoms with Gasteiger partial charge in [0.2, 0.25) is 0 Å². The summed E-state index contributed by atoms with van der Waals surface area (Å²) in [6.07, 6.45) is 1.74. The summed E-state index contributed by atoms with van der Waals surface area (Å²) in [6, 6.07) is 11.2. The summed E-state index contributed by atoms with van der Waals surface area (Å²) < 4.78 is 22.2. The van der Waals surface area contributed by atoms with Crippen molar-refractivity contribution in [3.05, 3.63) is 81.0 Å². The Morgan fingerprint density at radius 1 is 1.21 bits per heavy atom. The fourth-order valence-corrected chi connectivity index (χ4v) is 4.20. The van der Waals surface area contributed by atoms with Crippen molar-refractivity contribution in [2.24, 2.45) is 7.05 Å². The number of ether oxygens (including phenoxy) is 1. The van der Waals surface area contributed by atoms with Crippen LogP contribution in [0.5, 0.6) is 5.75 Å². The van der Waals surface area contributed by atoms with Crippen LogP contribution in [-0.2, 0) is 18.3 Å². The van der Waals surface area contributed by atoms with Gasteiger partial charge in [-0.05, 0) is 62.1 Å². The summed E-state index contributed by atoms with van der Waals surface area (Å²) >= 11 is 0. The number of anilines is 1. The fourth-order valence-electron chi connectivity index (χ4n) is 4.20. The third-order valence-corrected chi connectivity index (χ3v) is 6.16. The second-order valence-corrected chi connectivity index (χ2v) is 8.11. The van der Waals surface area contributed by atoms with E-state index in [0.29, 0.717) is 41.8 Å². The fraction of sp³-hybridized carbons (Fsp3) is 0.240. The summed E-state index contributed by atoms with van der Waals surface area (Å²) in [5.74, 6) is -0.561. The van der Waals surface area contributed by atoms with Crippen LogP contribution in [0, 0.1) is 18.2 Å². The molecule has 8 nitrogen and oxygen atoms in total. The number of methoxy groups -OCH3 is 1. The summed E-state index contributed by atoms with van der Waals surface area (Å²) in [5, 5.41) is 19.7. The van der Waals surface area contributed by atoms with Crippen molar-refractivity contribution in [3.63, 3.8) is 0 Å². The Kier molecular flexibility index (Phi) is 6.10. The average Bonchev–Trinajstić information content (AvgIpc) is 2.95. The highest BCUT2D eigenvalue weighted by Crippen LogP contribution is 2.31. The topological polar surface area (TPSA) is 112 Å². The van der Waals surface area contributed by atoms with E-state index in [1.165, 1.54) is 22.9 Å². The monoisotopic (exact) mass is 465 g/mol. The number of benzene rings is 2. The zero-order chi connectivity index (χ0) is 24.6. The number of rotatable bonds is 5. The number of halogens is 1. The van der Waals surface area contributed by atoms with Crippen molar-refractivity contribution >= 4 is 23.1 Å². The van der Waals surface area contributed by atoms with Crippen molar-refractivity contribution in [1.29, 1.82) is 5.41 Å². The first-order valence-electron chi connectivity index (χ1n) is 10.8.